The van der Waals surface area contributed by atoms with E-state index in [1.165, 1.54) is 6.42 Å². The van der Waals surface area contributed by atoms with Crippen molar-refractivity contribution in [2.45, 2.75) is 25.8 Å². The van der Waals surface area contributed by atoms with Gasteiger partial charge in [0.25, 0.3) is 5.91 Å². The number of carbonyl (C=O) groups excluding carboxylic acids is 2. The molecule has 1 aromatic heterocycles. The number of benzene rings is 1. The lowest BCUT2D eigenvalue weighted by atomic mass is 10.1. The summed E-state index contributed by atoms with van der Waals surface area (Å²) in [4.78, 5) is 29.0. The van der Waals surface area contributed by atoms with Crippen molar-refractivity contribution in [3.63, 3.8) is 0 Å². The molecule has 1 fully saturated rings. The van der Waals surface area contributed by atoms with E-state index in [1.54, 1.807) is 48.5 Å². The lowest BCUT2D eigenvalue weighted by Crippen LogP contribution is -2.41. The van der Waals surface area contributed by atoms with E-state index >= 15 is 0 Å². The van der Waals surface area contributed by atoms with Crippen molar-refractivity contribution in [3.05, 3.63) is 54.0 Å². The number of amides is 2. The molecule has 2 heterocycles. The molecule has 0 bridgehead atoms. The Kier molecular flexibility index (Phi) is 6.07. The van der Waals surface area contributed by atoms with E-state index < -0.39 is 0 Å². The third-order valence-electron chi connectivity index (χ3n) is 4.69. The molecule has 0 radical (unpaired) electrons. The van der Waals surface area contributed by atoms with Crippen LogP contribution in [0.25, 0.3) is 0 Å². The molecule has 6 heteroatoms. The largest absolute Gasteiger partial charge is 0.467 e. The molecule has 2 amide bonds. The van der Waals surface area contributed by atoms with Crippen LogP contribution in [0.5, 0.6) is 0 Å². The molecular formula is C20H25N3O3. The molecule has 138 valence electrons. The minimum atomic E-state index is -0.227. The second kappa shape index (κ2) is 8.67. The zero-order valence-electron chi connectivity index (χ0n) is 15.1. The summed E-state index contributed by atoms with van der Waals surface area (Å²) in [6.07, 6.45) is 5.09. The zero-order chi connectivity index (χ0) is 18.4. The van der Waals surface area contributed by atoms with Crippen molar-refractivity contribution >= 4 is 17.5 Å². The van der Waals surface area contributed by atoms with Crippen LogP contribution >= 0.6 is 0 Å². The number of carbonyl (C=O) groups is 2. The second-order valence-corrected chi connectivity index (χ2v) is 6.57. The molecule has 6 nitrogen and oxygen atoms in total. The van der Waals surface area contributed by atoms with Crippen LogP contribution in [0.2, 0.25) is 0 Å². The van der Waals surface area contributed by atoms with Gasteiger partial charge in [0.05, 0.1) is 30.6 Å². The first kappa shape index (κ1) is 18.2. The fourth-order valence-corrected chi connectivity index (χ4v) is 3.18. The molecule has 1 aromatic carbocycles. The van der Waals surface area contributed by atoms with E-state index in [4.69, 9.17) is 4.42 Å². The lowest BCUT2D eigenvalue weighted by molar-refractivity contribution is -0.119. The van der Waals surface area contributed by atoms with Crippen LogP contribution in [-0.2, 0) is 11.3 Å². The molecule has 1 N–H and O–H groups in total. The van der Waals surface area contributed by atoms with Crippen LogP contribution in [-0.4, -0.2) is 43.4 Å². The van der Waals surface area contributed by atoms with Crippen molar-refractivity contribution in [1.82, 2.24) is 10.2 Å². The minimum absolute atomic E-state index is 0.00168. The summed E-state index contributed by atoms with van der Waals surface area (Å²) >= 11 is 0. The van der Waals surface area contributed by atoms with Gasteiger partial charge in [-0.2, -0.15) is 0 Å². The number of nitrogens with zero attached hydrogens (tertiary/aromatic N) is 2. The third-order valence-corrected chi connectivity index (χ3v) is 4.69. The number of hydrogen-bond acceptors (Lipinski definition) is 4. The van der Waals surface area contributed by atoms with Crippen molar-refractivity contribution in [2.75, 3.05) is 31.6 Å². The molecule has 2 aromatic rings. The van der Waals surface area contributed by atoms with Crippen LogP contribution in [0, 0.1) is 0 Å². The SMILES string of the molecule is CN(C(=O)CN1CCCCC1)c1ccccc1C(=O)NCc1ccco1. The molecular weight excluding hydrogens is 330 g/mol. The smallest absolute Gasteiger partial charge is 0.253 e. The third kappa shape index (κ3) is 4.52. The molecule has 1 aliphatic heterocycles. The van der Waals surface area contributed by atoms with Crippen LogP contribution < -0.4 is 10.2 Å². The van der Waals surface area contributed by atoms with E-state index in [2.05, 4.69) is 10.2 Å². The normalized spacial score (nSPS) is 14.8. The van der Waals surface area contributed by atoms with E-state index in [0.717, 1.165) is 25.9 Å². The van der Waals surface area contributed by atoms with E-state index in [9.17, 15) is 9.59 Å². The first-order valence-electron chi connectivity index (χ1n) is 9.03. The Balaban J connectivity index is 1.66. The highest BCUT2D eigenvalue weighted by molar-refractivity contribution is 6.04. The predicted octanol–water partition coefficient (Wildman–Crippen LogP) is 2.66. The first-order chi connectivity index (χ1) is 12.6. The molecule has 1 aliphatic rings. The van der Waals surface area contributed by atoms with Crippen molar-refractivity contribution < 1.29 is 14.0 Å². The Labute approximate surface area is 153 Å². The zero-order valence-corrected chi connectivity index (χ0v) is 15.1. The lowest BCUT2D eigenvalue weighted by Gasteiger charge is -2.28. The monoisotopic (exact) mass is 355 g/mol. The highest BCUT2D eigenvalue weighted by atomic mass is 16.3. The number of anilines is 1. The van der Waals surface area contributed by atoms with Gasteiger partial charge < -0.3 is 14.6 Å². The average Bonchev–Trinajstić information content (AvgIpc) is 3.20. The van der Waals surface area contributed by atoms with Crippen molar-refractivity contribution in [3.8, 4) is 0 Å². The fraction of sp³-hybridized carbons (Fsp3) is 0.400. The van der Waals surface area contributed by atoms with Crippen LogP contribution in [0.4, 0.5) is 5.69 Å². The van der Waals surface area contributed by atoms with Gasteiger partial charge in [0.1, 0.15) is 5.76 Å². The fourth-order valence-electron chi connectivity index (χ4n) is 3.18. The van der Waals surface area contributed by atoms with Gasteiger partial charge in [0, 0.05) is 7.05 Å². The Hall–Kier alpha value is -2.60. The molecule has 1 saturated heterocycles. The minimum Gasteiger partial charge on any atom is -0.467 e. The number of furan rings is 1. The summed E-state index contributed by atoms with van der Waals surface area (Å²) in [6, 6.07) is 10.8. The summed E-state index contributed by atoms with van der Waals surface area (Å²) < 4.78 is 5.24. The van der Waals surface area contributed by atoms with Gasteiger partial charge in [0.2, 0.25) is 5.91 Å². The van der Waals surface area contributed by atoms with E-state index in [-0.39, 0.29) is 11.8 Å². The van der Waals surface area contributed by atoms with Crippen LogP contribution in [0.15, 0.2) is 47.1 Å². The summed E-state index contributed by atoms with van der Waals surface area (Å²) in [6.45, 7) is 2.63. The Bertz CT molecular complexity index is 737. The maximum atomic E-state index is 12.7. The highest BCUT2D eigenvalue weighted by Gasteiger charge is 2.21. The molecule has 0 aliphatic carbocycles. The molecule has 0 atom stereocenters. The first-order valence-corrected chi connectivity index (χ1v) is 9.03. The number of hydrogen-bond donors (Lipinski definition) is 1. The Morgan fingerprint density at radius 3 is 2.62 bits per heavy atom. The quantitative estimate of drug-likeness (QED) is 0.865. The molecule has 0 unspecified atom stereocenters. The molecule has 26 heavy (non-hydrogen) atoms. The molecule has 3 rings (SSSR count). The van der Waals surface area contributed by atoms with Gasteiger partial charge >= 0.3 is 0 Å². The average molecular weight is 355 g/mol. The van der Waals surface area contributed by atoms with Crippen LogP contribution in [0.1, 0.15) is 35.4 Å². The number of piperidine rings is 1. The standard InChI is InChI=1S/C20H25N3O3/c1-22(19(24)15-23-11-5-2-6-12-23)18-10-4-3-9-17(18)20(25)21-14-16-8-7-13-26-16/h3-4,7-10,13H,2,5-6,11-12,14-15H2,1H3,(H,21,25). The van der Waals surface area contributed by atoms with E-state index in [1.807, 2.05) is 6.07 Å². The molecule has 0 spiro atoms. The summed E-state index contributed by atoms with van der Waals surface area (Å²) in [5, 5.41) is 2.84. The van der Waals surface area contributed by atoms with Crippen molar-refractivity contribution in [1.29, 1.82) is 0 Å². The van der Waals surface area contributed by atoms with Gasteiger partial charge in [0.15, 0.2) is 0 Å². The van der Waals surface area contributed by atoms with Gasteiger partial charge in [-0.1, -0.05) is 18.6 Å². The number of nitrogens with one attached hydrogen (secondary N) is 1. The highest BCUT2D eigenvalue weighted by Crippen LogP contribution is 2.20. The maximum Gasteiger partial charge on any atom is 0.253 e. The predicted molar refractivity (Wildman–Crippen MR) is 100 cm³/mol. The Morgan fingerprint density at radius 1 is 1.12 bits per heavy atom. The van der Waals surface area contributed by atoms with E-state index in [0.29, 0.717) is 30.1 Å². The molecule has 0 saturated carbocycles. The van der Waals surface area contributed by atoms with Crippen LogP contribution in [0.3, 0.4) is 0 Å². The number of likely N-dealkylation sites (N-methyl/N-ethyl adjacent to an activating group) is 1. The summed E-state index contributed by atoms with van der Waals surface area (Å²) in [5.74, 6) is 0.457. The van der Waals surface area contributed by atoms with Gasteiger partial charge in [-0.3, -0.25) is 14.5 Å². The number of rotatable bonds is 6. The summed E-state index contributed by atoms with van der Waals surface area (Å²) in [7, 11) is 1.73. The van der Waals surface area contributed by atoms with Gasteiger partial charge in [-0.05, 0) is 50.2 Å². The second-order valence-electron chi connectivity index (χ2n) is 6.57. The van der Waals surface area contributed by atoms with Gasteiger partial charge in [-0.25, -0.2) is 0 Å². The topological polar surface area (TPSA) is 65.8 Å². The number of para-hydroxylation sites is 1. The van der Waals surface area contributed by atoms with Crippen molar-refractivity contribution in [2.24, 2.45) is 0 Å². The number of likely N-dealkylation sites (tertiary alicyclic amines) is 1. The van der Waals surface area contributed by atoms with Gasteiger partial charge in [-0.15, -0.1) is 0 Å². The summed E-state index contributed by atoms with van der Waals surface area (Å²) in [5.41, 5.74) is 1.10. The maximum absolute atomic E-state index is 12.7. The Morgan fingerprint density at radius 2 is 1.88 bits per heavy atom.